The van der Waals surface area contributed by atoms with Gasteiger partial charge in [-0.05, 0) is 87.1 Å². The summed E-state index contributed by atoms with van der Waals surface area (Å²) in [6.07, 6.45) is 11.9. The minimum Gasteiger partial charge on any atom is -0.493 e. The molecule has 6 nitrogen and oxygen atoms in total. The van der Waals surface area contributed by atoms with Crippen molar-refractivity contribution in [2.75, 3.05) is 24.6 Å². The second-order valence-corrected chi connectivity index (χ2v) is 9.87. The molecule has 2 heterocycles. The normalized spacial score (nSPS) is 19.1. The lowest BCUT2D eigenvalue weighted by atomic mass is 9.86. The number of ether oxygens (including phenoxy) is 1. The minimum absolute atomic E-state index is 0.0995. The zero-order valence-corrected chi connectivity index (χ0v) is 20.8. The Balaban J connectivity index is 1.22. The number of nitrogens with one attached hydrogen (secondary N) is 1. The number of piperidine rings is 1. The van der Waals surface area contributed by atoms with E-state index in [0.29, 0.717) is 5.92 Å². The maximum Gasteiger partial charge on any atom is 0.225 e. The second-order valence-electron chi connectivity index (χ2n) is 9.87. The summed E-state index contributed by atoms with van der Waals surface area (Å²) < 4.78 is 6.12. The number of allylic oxidation sites excluding steroid dienone is 2. The van der Waals surface area contributed by atoms with Crippen molar-refractivity contribution in [3.8, 4) is 5.75 Å². The molecule has 4 rings (SSSR count). The van der Waals surface area contributed by atoms with Crippen molar-refractivity contribution >= 4 is 17.4 Å². The van der Waals surface area contributed by atoms with Crippen molar-refractivity contribution in [3.05, 3.63) is 53.9 Å². The molecule has 0 saturated carbocycles. The number of hydrogen-bond donors (Lipinski definition) is 1. The zero-order chi connectivity index (χ0) is 23.9. The van der Waals surface area contributed by atoms with E-state index in [1.165, 1.54) is 16.7 Å². The number of amides is 1. The van der Waals surface area contributed by atoms with E-state index < -0.39 is 0 Å². The van der Waals surface area contributed by atoms with Gasteiger partial charge in [0, 0.05) is 37.4 Å². The van der Waals surface area contributed by atoms with Gasteiger partial charge in [-0.1, -0.05) is 25.1 Å². The number of carbonyl (C=O) groups excluding carboxylic acids is 1. The summed E-state index contributed by atoms with van der Waals surface area (Å²) in [4.78, 5) is 23.6. The molecule has 34 heavy (non-hydrogen) atoms. The minimum atomic E-state index is 0.0995. The van der Waals surface area contributed by atoms with Gasteiger partial charge >= 0.3 is 0 Å². The number of aryl methyl sites for hydroxylation is 1. The molecule has 1 aromatic carbocycles. The van der Waals surface area contributed by atoms with Crippen LogP contribution >= 0.6 is 0 Å². The summed E-state index contributed by atoms with van der Waals surface area (Å²) in [7, 11) is 0. The van der Waals surface area contributed by atoms with Crippen LogP contribution in [0.3, 0.4) is 0 Å². The van der Waals surface area contributed by atoms with E-state index in [9.17, 15) is 4.79 Å². The van der Waals surface area contributed by atoms with Gasteiger partial charge in [0.1, 0.15) is 5.75 Å². The fourth-order valence-electron chi connectivity index (χ4n) is 4.71. The Kier molecular flexibility index (Phi) is 8.20. The van der Waals surface area contributed by atoms with Gasteiger partial charge in [-0.25, -0.2) is 9.97 Å². The Morgan fingerprint density at radius 3 is 2.41 bits per heavy atom. The monoisotopic (exact) mass is 462 g/mol. The van der Waals surface area contributed by atoms with Crippen LogP contribution in [0.4, 0.5) is 5.95 Å². The van der Waals surface area contributed by atoms with Crippen molar-refractivity contribution in [2.24, 2.45) is 11.8 Å². The summed E-state index contributed by atoms with van der Waals surface area (Å²) >= 11 is 0. The summed E-state index contributed by atoms with van der Waals surface area (Å²) in [6.45, 7) is 8.84. The van der Waals surface area contributed by atoms with Crippen molar-refractivity contribution < 1.29 is 9.53 Å². The highest BCUT2D eigenvalue weighted by Crippen LogP contribution is 2.31. The van der Waals surface area contributed by atoms with Crippen LogP contribution in [0.2, 0.25) is 0 Å². The molecule has 1 aromatic heterocycles. The first-order valence-electron chi connectivity index (χ1n) is 12.8. The third-order valence-electron chi connectivity index (χ3n) is 6.92. The molecule has 2 aromatic rings. The summed E-state index contributed by atoms with van der Waals surface area (Å²) in [5.41, 5.74) is 3.75. The van der Waals surface area contributed by atoms with E-state index in [4.69, 9.17) is 4.74 Å². The van der Waals surface area contributed by atoms with Crippen molar-refractivity contribution in [1.29, 1.82) is 0 Å². The molecule has 1 amide bonds. The third-order valence-corrected chi connectivity index (χ3v) is 6.92. The van der Waals surface area contributed by atoms with Crippen LogP contribution in [0.15, 0.2) is 42.7 Å². The van der Waals surface area contributed by atoms with Crippen LogP contribution in [0.25, 0.3) is 5.57 Å². The predicted octanol–water partition coefficient (Wildman–Crippen LogP) is 5.04. The Bertz CT molecular complexity index is 961. The first kappa shape index (κ1) is 24.2. The van der Waals surface area contributed by atoms with E-state index in [0.717, 1.165) is 69.9 Å². The SMILES string of the molecule is CCc1cnc(N2CCC(COc3ccc(C4=CCC(C(=O)NC(C)C)CC4)cc3)CC2)nc1. The fraction of sp³-hybridized carbons (Fsp3) is 0.536. The van der Waals surface area contributed by atoms with Crippen LogP contribution in [0, 0.1) is 11.8 Å². The highest BCUT2D eigenvalue weighted by atomic mass is 16.5. The molecule has 0 radical (unpaired) electrons. The maximum atomic E-state index is 12.2. The van der Waals surface area contributed by atoms with Crippen LogP contribution in [0.5, 0.6) is 5.75 Å². The van der Waals surface area contributed by atoms with Crippen LogP contribution < -0.4 is 15.0 Å². The maximum absolute atomic E-state index is 12.2. The van der Waals surface area contributed by atoms with Gasteiger partial charge in [0.15, 0.2) is 0 Å². The molecular formula is C28H38N4O2. The molecule has 0 spiro atoms. The number of nitrogens with zero attached hydrogens (tertiary/aromatic N) is 3. The highest BCUT2D eigenvalue weighted by molar-refractivity contribution is 5.80. The average Bonchev–Trinajstić information content (AvgIpc) is 2.88. The van der Waals surface area contributed by atoms with Gasteiger partial charge in [0.05, 0.1) is 6.61 Å². The Hall–Kier alpha value is -2.89. The van der Waals surface area contributed by atoms with Crippen molar-refractivity contribution in [3.63, 3.8) is 0 Å². The molecule has 182 valence electrons. The molecular weight excluding hydrogens is 424 g/mol. The predicted molar refractivity (Wildman–Crippen MR) is 137 cm³/mol. The van der Waals surface area contributed by atoms with E-state index in [2.05, 4.69) is 57.4 Å². The first-order valence-corrected chi connectivity index (χ1v) is 12.8. The lowest BCUT2D eigenvalue weighted by molar-refractivity contribution is -0.125. The van der Waals surface area contributed by atoms with Crippen LogP contribution in [-0.2, 0) is 11.2 Å². The van der Waals surface area contributed by atoms with Gasteiger partial charge in [0.2, 0.25) is 11.9 Å². The fourth-order valence-corrected chi connectivity index (χ4v) is 4.71. The van der Waals surface area contributed by atoms with Gasteiger partial charge in [0.25, 0.3) is 0 Å². The van der Waals surface area contributed by atoms with Crippen LogP contribution in [-0.4, -0.2) is 41.6 Å². The van der Waals surface area contributed by atoms with Gasteiger partial charge < -0.3 is 15.0 Å². The highest BCUT2D eigenvalue weighted by Gasteiger charge is 2.23. The number of benzene rings is 1. The molecule has 0 bridgehead atoms. The van der Waals surface area contributed by atoms with Crippen molar-refractivity contribution in [2.45, 2.75) is 65.3 Å². The smallest absolute Gasteiger partial charge is 0.225 e. The number of aromatic nitrogens is 2. The van der Waals surface area contributed by atoms with E-state index in [1.807, 2.05) is 26.2 Å². The van der Waals surface area contributed by atoms with E-state index in [-0.39, 0.29) is 17.9 Å². The molecule has 2 aliphatic rings. The molecule has 1 aliphatic heterocycles. The van der Waals surface area contributed by atoms with E-state index >= 15 is 0 Å². The summed E-state index contributed by atoms with van der Waals surface area (Å²) in [6, 6.07) is 8.65. The lowest BCUT2D eigenvalue weighted by Crippen LogP contribution is -2.36. The topological polar surface area (TPSA) is 67.4 Å². The summed E-state index contributed by atoms with van der Waals surface area (Å²) in [5, 5.41) is 3.04. The Morgan fingerprint density at radius 1 is 1.12 bits per heavy atom. The second kappa shape index (κ2) is 11.5. The van der Waals surface area contributed by atoms with Gasteiger partial charge in [-0.2, -0.15) is 0 Å². The number of rotatable bonds is 8. The molecule has 6 heteroatoms. The van der Waals surface area contributed by atoms with Crippen molar-refractivity contribution in [1.82, 2.24) is 15.3 Å². The zero-order valence-electron chi connectivity index (χ0n) is 20.8. The molecule has 1 saturated heterocycles. The largest absolute Gasteiger partial charge is 0.493 e. The molecule has 1 N–H and O–H groups in total. The van der Waals surface area contributed by atoms with Gasteiger partial charge in [-0.15, -0.1) is 0 Å². The molecule has 1 unspecified atom stereocenters. The third kappa shape index (κ3) is 6.37. The van der Waals surface area contributed by atoms with Gasteiger partial charge in [-0.3, -0.25) is 4.79 Å². The Labute approximate surface area is 203 Å². The molecule has 1 fully saturated rings. The summed E-state index contributed by atoms with van der Waals surface area (Å²) in [5.74, 6) is 2.61. The Morgan fingerprint density at radius 2 is 1.82 bits per heavy atom. The molecule has 1 atom stereocenters. The average molecular weight is 463 g/mol. The van der Waals surface area contributed by atoms with Crippen LogP contribution in [0.1, 0.15) is 64.0 Å². The molecule has 1 aliphatic carbocycles. The van der Waals surface area contributed by atoms with E-state index in [1.54, 1.807) is 0 Å². The number of carbonyl (C=O) groups is 1. The number of hydrogen-bond acceptors (Lipinski definition) is 5. The number of anilines is 1. The lowest BCUT2D eigenvalue weighted by Gasteiger charge is -2.31. The standard InChI is InChI=1S/C28H38N4O2/c1-4-21-17-29-28(30-18-21)32-15-13-22(14-16-32)19-34-26-11-9-24(10-12-26)23-5-7-25(8-6-23)27(33)31-20(2)3/h5,9-12,17-18,20,22,25H,4,6-8,13-16,19H2,1-3H3,(H,31,33). The first-order chi connectivity index (χ1) is 16.5. The quantitative estimate of drug-likeness (QED) is 0.595.